The Hall–Kier alpha value is -2.67. The van der Waals surface area contributed by atoms with Gasteiger partial charge in [0.2, 0.25) is 10.0 Å². The van der Waals surface area contributed by atoms with Gasteiger partial charge in [0.05, 0.1) is 11.5 Å². The SMILES string of the molecule is C[C@](O)(CNS(=O)(=O)c1ccc2c(c1)CCO2)c1ccc(-c2ccccc2)cc1. The smallest absolute Gasteiger partial charge is 0.240 e. The van der Waals surface area contributed by atoms with E-state index in [4.69, 9.17) is 4.74 Å². The molecule has 150 valence electrons. The highest BCUT2D eigenvalue weighted by Gasteiger charge is 2.27. The number of nitrogens with one attached hydrogen (secondary N) is 1. The number of fused-ring (bicyclic) bond motifs is 1. The summed E-state index contributed by atoms with van der Waals surface area (Å²) in [5.41, 5.74) is 2.30. The average molecular weight is 410 g/mol. The van der Waals surface area contributed by atoms with Gasteiger partial charge >= 0.3 is 0 Å². The van der Waals surface area contributed by atoms with Gasteiger partial charge in [0, 0.05) is 13.0 Å². The summed E-state index contributed by atoms with van der Waals surface area (Å²) in [6, 6.07) is 22.3. The molecule has 0 unspecified atom stereocenters. The minimum absolute atomic E-state index is 0.131. The van der Waals surface area contributed by atoms with Crippen molar-refractivity contribution in [1.82, 2.24) is 4.72 Å². The molecule has 29 heavy (non-hydrogen) atoms. The Morgan fingerprint density at radius 2 is 1.69 bits per heavy atom. The van der Waals surface area contributed by atoms with Crippen LogP contribution < -0.4 is 9.46 Å². The van der Waals surface area contributed by atoms with Gasteiger partial charge in [-0.15, -0.1) is 0 Å². The van der Waals surface area contributed by atoms with Crippen LogP contribution in [0.5, 0.6) is 5.75 Å². The normalized spacial score (nSPS) is 15.4. The van der Waals surface area contributed by atoms with E-state index in [1.165, 1.54) is 6.07 Å². The fraction of sp³-hybridized carbons (Fsp3) is 0.217. The predicted octanol–water partition coefficient (Wildman–Crippen LogP) is 3.47. The summed E-state index contributed by atoms with van der Waals surface area (Å²) < 4.78 is 33.3. The molecule has 5 nitrogen and oxygen atoms in total. The molecule has 1 atom stereocenters. The fourth-order valence-electron chi connectivity index (χ4n) is 3.40. The molecule has 0 fully saturated rings. The van der Waals surface area contributed by atoms with E-state index in [-0.39, 0.29) is 11.4 Å². The van der Waals surface area contributed by atoms with Crippen molar-refractivity contribution in [1.29, 1.82) is 0 Å². The molecule has 4 rings (SSSR count). The average Bonchev–Trinajstić information content (AvgIpc) is 3.21. The van der Waals surface area contributed by atoms with Gasteiger partial charge in [0.15, 0.2) is 0 Å². The molecule has 0 bridgehead atoms. The Kier molecular flexibility index (Phi) is 5.17. The fourth-order valence-corrected chi connectivity index (χ4v) is 4.59. The van der Waals surface area contributed by atoms with E-state index in [2.05, 4.69) is 4.72 Å². The maximum absolute atomic E-state index is 12.7. The van der Waals surface area contributed by atoms with Crippen molar-refractivity contribution in [3.05, 3.63) is 83.9 Å². The van der Waals surface area contributed by atoms with Gasteiger partial charge in [-0.05, 0) is 47.4 Å². The molecular weight excluding hydrogens is 386 g/mol. The van der Waals surface area contributed by atoms with Crippen molar-refractivity contribution in [3.8, 4) is 16.9 Å². The largest absolute Gasteiger partial charge is 0.493 e. The van der Waals surface area contributed by atoms with Gasteiger partial charge in [-0.25, -0.2) is 13.1 Å². The molecule has 6 heteroatoms. The van der Waals surface area contributed by atoms with Crippen molar-refractivity contribution in [2.75, 3.05) is 13.2 Å². The van der Waals surface area contributed by atoms with Gasteiger partial charge in [-0.2, -0.15) is 0 Å². The van der Waals surface area contributed by atoms with Gasteiger partial charge in [-0.3, -0.25) is 0 Å². The van der Waals surface area contributed by atoms with Gasteiger partial charge < -0.3 is 9.84 Å². The third kappa shape index (κ3) is 4.19. The monoisotopic (exact) mass is 409 g/mol. The summed E-state index contributed by atoms with van der Waals surface area (Å²) in [5, 5.41) is 10.9. The summed E-state index contributed by atoms with van der Waals surface area (Å²) >= 11 is 0. The molecule has 0 aliphatic carbocycles. The Morgan fingerprint density at radius 3 is 2.41 bits per heavy atom. The van der Waals surface area contributed by atoms with Gasteiger partial charge in [0.1, 0.15) is 11.4 Å². The summed E-state index contributed by atoms with van der Waals surface area (Å²) in [6.45, 7) is 2.04. The summed E-state index contributed by atoms with van der Waals surface area (Å²) in [5.74, 6) is 0.731. The summed E-state index contributed by atoms with van der Waals surface area (Å²) in [6.07, 6.45) is 0.699. The summed E-state index contributed by atoms with van der Waals surface area (Å²) in [7, 11) is -3.74. The number of benzene rings is 3. The first-order valence-corrected chi connectivity index (χ1v) is 11.0. The number of ether oxygens (including phenoxy) is 1. The van der Waals surface area contributed by atoms with Crippen molar-refractivity contribution >= 4 is 10.0 Å². The number of aliphatic hydroxyl groups is 1. The van der Waals surface area contributed by atoms with Crippen molar-refractivity contribution in [2.24, 2.45) is 0 Å². The second kappa shape index (κ2) is 7.63. The van der Waals surface area contributed by atoms with Crippen molar-refractivity contribution < 1.29 is 18.3 Å². The topological polar surface area (TPSA) is 75.6 Å². The predicted molar refractivity (Wildman–Crippen MR) is 112 cm³/mol. The quantitative estimate of drug-likeness (QED) is 0.654. The number of hydrogen-bond donors (Lipinski definition) is 2. The van der Waals surface area contributed by atoms with Gasteiger partial charge in [-0.1, -0.05) is 54.6 Å². The molecule has 0 aromatic heterocycles. The molecule has 1 heterocycles. The lowest BCUT2D eigenvalue weighted by molar-refractivity contribution is 0.0627. The van der Waals surface area contributed by atoms with E-state index >= 15 is 0 Å². The second-order valence-corrected chi connectivity index (χ2v) is 9.18. The molecule has 3 aromatic rings. The maximum Gasteiger partial charge on any atom is 0.240 e. The first-order valence-electron chi connectivity index (χ1n) is 9.49. The molecule has 1 aliphatic heterocycles. The van der Waals surface area contributed by atoms with E-state index < -0.39 is 15.6 Å². The van der Waals surface area contributed by atoms with Crippen LogP contribution in [0.25, 0.3) is 11.1 Å². The van der Waals surface area contributed by atoms with E-state index in [0.29, 0.717) is 18.6 Å². The van der Waals surface area contributed by atoms with E-state index in [1.807, 2.05) is 54.6 Å². The molecule has 1 aliphatic rings. The summed E-state index contributed by atoms with van der Waals surface area (Å²) in [4.78, 5) is 0.178. The van der Waals surface area contributed by atoms with Crippen LogP contribution in [0, 0.1) is 0 Å². The Labute approximate surface area is 171 Å². The lowest BCUT2D eigenvalue weighted by Crippen LogP contribution is -2.38. The molecular formula is C23H23NO4S. The van der Waals surface area contributed by atoms with E-state index in [1.54, 1.807) is 19.1 Å². The lowest BCUT2D eigenvalue weighted by Gasteiger charge is -2.24. The number of rotatable bonds is 6. The molecule has 0 spiro atoms. The molecule has 0 saturated heterocycles. The zero-order valence-corrected chi connectivity index (χ0v) is 16.9. The Bertz CT molecular complexity index is 1110. The van der Waals surface area contributed by atoms with Crippen LogP contribution in [0.2, 0.25) is 0 Å². The van der Waals surface area contributed by atoms with Crippen LogP contribution in [-0.4, -0.2) is 26.7 Å². The second-order valence-electron chi connectivity index (χ2n) is 7.41. The molecule has 3 aromatic carbocycles. The van der Waals surface area contributed by atoms with Crippen LogP contribution >= 0.6 is 0 Å². The lowest BCUT2D eigenvalue weighted by atomic mass is 9.94. The zero-order chi connectivity index (χ0) is 20.5. The van der Waals surface area contributed by atoms with E-state index in [9.17, 15) is 13.5 Å². The first kappa shape index (κ1) is 19.6. The minimum Gasteiger partial charge on any atom is -0.493 e. The number of sulfonamides is 1. The minimum atomic E-state index is -3.74. The molecule has 0 saturated carbocycles. The van der Waals surface area contributed by atoms with E-state index in [0.717, 1.165) is 22.4 Å². The Morgan fingerprint density at radius 1 is 1.00 bits per heavy atom. The highest BCUT2D eigenvalue weighted by atomic mass is 32.2. The van der Waals surface area contributed by atoms with Crippen LogP contribution in [-0.2, 0) is 22.0 Å². The highest BCUT2D eigenvalue weighted by Crippen LogP contribution is 2.28. The third-order valence-electron chi connectivity index (χ3n) is 5.19. The maximum atomic E-state index is 12.7. The van der Waals surface area contributed by atoms with Crippen molar-refractivity contribution in [3.63, 3.8) is 0 Å². The van der Waals surface area contributed by atoms with Gasteiger partial charge in [0.25, 0.3) is 0 Å². The zero-order valence-electron chi connectivity index (χ0n) is 16.1. The molecule has 2 N–H and O–H groups in total. The number of hydrogen-bond acceptors (Lipinski definition) is 4. The van der Waals surface area contributed by atoms with Crippen molar-refractivity contribution in [2.45, 2.75) is 23.8 Å². The van der Waals surface area contributed by atoms with Crippen LogP contribution in [0.4, 0.5) is 0 Å². The molecule has 0 amide bonds. The molecule has 0 radical (unpaired) electrons. The van der Waals surface area contributed by atoms with Crippen LogP contribution in [0.1, 0.15) is 18.1 Å². The Balaban J connectivity index is 1.48. The third-order valence-corrected chi connectivity index (χ3v) is 6.59. The van der Waals surface area contributed by atoms with Crippen LogP contribution in [0.15, 0.2) is 77.7 Å². The highest BCUT2D eigenvalue weighted by molar-refractivity contribution is 7.89. The standard InChI is InChI=1S/C23H23NO4S/c1-23(25,20-9-7-18(8-10-20)17-5-3-2-4-6-17)16-24-29(26,27)21-11-12-22-19(15-21)13-14-28-22/h2-12,15,24-25H,13-14,16H2,1H3/t23-/m0/s1. The van der Waals surface area contributed by atoms with Crippen LogP contribution in [0.3, 0.4) is 0 Å². The first-order chi connectivity index (χ1) is 13.9.